The predicted molar refractivity (Wildman–Crippen MR) is 30.3 cm³/mol. The van der Waals surface area contributed by atoms with Gasteiger partial charge in [-0.25, -0.2) is 0 Å². The number of rotatable bonds is 1. The molecule has 54 valence electrons. The third-order valence-corrected chi connectivity index (χ3v) is 1.01. The van der Waals surface area contributed by atoms with E-state index in [2.05, 4.69) is 4.42 Å². The van der Waals surface area contributed by atoms with Gasteiger partial charge in [0.15, 0.2) is 5.75 Å². The predicted octanol–water partition coefficient (Wildman–Crippen LogP) is -3.79. The molecule has 0 unspecified atom stereocenters. The molecule has 0 atom stereocenters. The normalized spacial score (nSPS) is 8.82. The number of hydrogen-bond acceptors (Lipinski definition) is 4. The summed E-state index contributed by atoms with van der Waals surface area (Å²) in [5.41, 5.74) is -0.586. The first-order chi connectivity index (χ1) is 4.74. The molecular formula is C6H5NaO4. The second kappa shape index (κ2) is 4.56. The summed E-state index contributed by atoms with van der Waals surface area (Å²) in [7, 11) is 0. The van der Waals surface area contributed by atoms with Crippen LogP contribution < -0.4 is 40.1 Å². The van der Waals surface area contributed by atoms with Crippen molar-refractivity contribution in [2.75, 3.05) is 0 Å². The van der Waals surface area contributed by atoms with Gasteiger partial charge in [-0.05, 0) is 0 Å². The summed E-state index contributed by atoms with van der Waals surface area (Å²) in [6, 6.07) is 0.975. The van der Waals surface area contributed by atoms with Gasteiger partial charge in [-0.1, -0.05) is 6.61 Å². The molecule has 11 heavy (non-hydrogen) atoms. The first-order valence-corrected chi connectivity index (χ1v) is 2.63. The molecule has 0 aliphatic rings. The molecule has 1 N–H and O–H groups in total. The topological polar surface area (TPSA) is 73.5 Å². The number of hydrogen-bond donors (Lipinski definition) is 1. The van der Waals surface area contributed by atoms with E-state index in [9.17, 15) is 9.90 Å². The van der Waals surface area contributed by atoms with Gasteiger partial charge in [-0.15, -0.1) is 0 Å². The van der Waals surface area contributed by atoms with Crippen molar-refractivity contribution in [2.24, 2.45) is 0 Å². The van der Waals surface area contributed by atoms with Gasteiger partial charge in [-0.3, -0.25) is 4.79 Å². The van der Waals surface area contributed by atoms with Crippen LogP contribution in [0.25, 0.3) is 0 Å². The van der Waals surface area contributed by atoms with E-state index in [-0.39, 0.29) is 35.3 Å². The molecule has 1 aromatic heterocycles. The Balaban J connectivity index is 0.000001000. The van der Waals surface area contributed by atoms with Crippen LogP contribution in [0.15, 0.2) is 21.5 Å². The van der Waals surface area contributed by atoms with E-state index in [0.29, 0.717) is 0 Å². The van der Waals surface area contributed by atoms with Crippen LogP contribution in [-0.2, 0) is 6.61 Å². The summed E-state index contributed by atoms with van der Waals surface area (Å²) in [4.78, 5) is 10.5. The fourth-order valence-electron chi connectivity index (χ4n) is 0.519. The Morgan fingerprint density at radius 2 is 2.27 bits per heavy atom. The monoisotopic (exact) mass is 164 g/mol. The van der Waals surface area contributed by atoms with Gasteiger partial charge in [0.1, 0.15) is 6.26 Å². The summed E-state index contributed by atoms with van der Waals surface area (Å²) in [6.07, 6.45) is 0.857. The van der Waals surface area contributed by atoms with Crippen LogP contribution in [0.1, 0.15) is 5.76 Å². The minimum Gasteiger partial charge on any atom is -0.849 e. The first kappa shape index (κ1) is 10.7. The minimum atomic E-state index is -0.588. The van der Waals surface area contributed by atoms with Crippen molar-refractivity contribution in [3.8, 4) is 5.75 Å². The van der Waals surface area contributed by atoms with Gasteiger partial charge in [0.2, 0.25) is 5.43 Å². The number of aromatic hydroxyl groups is 1. The van der Waals surface area contributed by atoms with E-state index in [1.54, 1.807) is 0 Å². The van der Waals surface area contributed by atoms with Crippen molar-refractivity contribution in [3.63, 3.8) is 0 Å². The van der Waals surface area contributed by atoms with Crippen LogP contribution in [0.2, 0.25) is 0 Å². The fraction of sp³-hybridized carbons (Fsp3) is 0.167. The van der Waals surface area contributed by atoms with E-state index in [1.165, 1.54) is 0 Å². The molecule has 1 rings (SSSR count). The van der Waals surface area contributed by atoms with E-state index < -0.39 is 17.8 Å². The van der Waals surface area contributed by atoms with Gasteiger partial charge in [0.25, 0.3) is 0 Å². The third-order valence-electron chi connectivity index (χ3n) is 1.01. The van der Waals surface area contributed by atoms with Gasteiger partial charge in [0.05, 0.1) is 5.76 Å². The van der Waals surface area contributed by atoms with Crippen LogP contribution in [-0.4, -0.2) is 5.11 Å². The SMILES string of the molecule is O=c1cc(C[O-])occ1O.[Na+]. The van der Waals surface area contributed by atoms with Crippen molar-refractivity contribution >= 4 is 0 Å². The summed E-state index contributed by atoms with van der Waals surface area (Å²) in [5, 5.41) is 18.7. The summed E-state index contributed by atoms with van der Waals surface area (Å²) < 4.78 is 4.53. The molecule has 0 aliphatic heterocycles. The summed E-state index contributed by atoms with van der Waals surface area (Å²) >= 11 is 0. The Labute approximate surface area is 84.8 Å². The zero-order valence-corrected chi connectivity index (χ0v) is 8.03. The standard InChI is InChI=1S/C6H5O4.Na/c7-2-4-1-5(8)6(9)3-10-4;/h1,3,9H,2H2;/q-1;+1. The van der Waals surface area contributed by atoms with Gasteiger partial charge < -0.3 is 14.6 Å². The van der Waals surface area contributed by atoms with E-state index >= 15 is 0 Å². The maximum Gasteiger partial charge on any atom is 1.00 e. The van der Waals surface area contributed by atoms with Crippen molar-refractivity contribution in [1.29, 1.82) is 0 Å². The van der Waals surface area contributed by atoms with Crippen LogP contribution >= 0.6 is 0 Å². The molecule has 0 saturated heterocycles. The molecule has 1 aromatic rings. The second-order valence-electron chi connectivity index (χ2n) is 1.74. The average Bonchev–Trinajstić information content (AvgIpc) is 1.95. The van der Waals surface area contributed by atoms with Gasteiger partial charge >= 0.3 is 29.6 Å². The molecule has 4 nitrogen and oxygen atoms in total. The second-order valence-corrected chi connectivity index (χ2v) is 1.74. The Hall–Kier alpha value is -0.290. The molecule has 1 heterocycles. The van der Waals surface area contributed by atoms with Crippen LogP contribution in [0.4, 0.5) is 0 Å². The van der Waals surface area contributed by atoms with E-state index in [4.69, 9.17) is 5.11 Å². The molecule has 0 spiro atoms. The van der Waals surface area contributed by atoms with Crippen molar-refractivity contribution in [2.45, 2.75) is 6.61 Å². The molecule has 0 aliphatic carbocycles. The van der Waals surface area contributed by atoms with Crippen molar-refractivity contribution in [1.82, 2.24) is 0 Å². The largest absolute Gasteiger partial charge is 1.00 e. The molecule has 0 bridgehead atoms. The van der Waals surface area contributed by atoms with Crippen molar-refractivity contribution < 1.29 is 44.2 Å². The molecule has 0 saturated carbocycles. The third kappa shape index (κ3) is 2.67. The quantitative estimate of drug-likeness (QED) is 0.432. The maximum atomic E-state index is 10.5. The molecule has 0 fully saturated rings. The molecule has 0 aromatic carbocycles. The molecular weight excluding hydrogens is 159 g/mol. The summed E-state index contributed by atoms with van der Waals surface area (Å²) in [6.45, 7) is -0.588. The molecule has 0 radical (unpaired) electrons. The fourth-order valence-corrected chi connectivity index (χ4v) is 0.519. The van der Waals surface area contributed by atoms with Gasteiger partial charge in [0, 0.05) is 6.07 Å². The molecule has 0 amide bonds. The minimum absolute atomic E-state index is 0. The van der Waals surface area contributed by atoms with Crippen LogP contribution in [0.3, 0.4) is 0 Å². The zero-order valence-electron chi connectivity index (χ0n) is 6.03. The Morgan fingerprint density at radius 3 is 2.73 bits per heavy atom. The smallest absolute Gasteiger partial charge is 0.849 e. The van der Waals surface area contributed by atoms with E-state index in [0.717, 1.165) is 12.3 Å². The van der Waals surface area contributed by atoms with Crippen LogP contribution in [0.5, 0.6) is 5.75 Å². The van der Waals surface area contributed by atoms with Crippen molar-refractivity contribution in [3.05, 3.63) is 28.3 Å². The van der Waals surface area contributed by atoms with Crippen LogP contribution in [0, 0.1) is 0 Å². The zero-order chi connectivity index (χ0) is 7.56. The molecule has 5 heteroatoms. The summed E-state index contributed by atoms with van der Waals surface area (Å²) in [5.74, 6) is -0.444. The first-order valence-electron chi connectivity index (χ1n) is 2.63. The van der Waals surface area contributed by atoms with Gasteiger partial charge in [-0.2, -0.15) is 0 Å². The Bertz CT molecular complexity index is 280. The maximum absolute atomic E-state index is 10.5. The van der Waals surface area contributed by atoms with E-state index in [1.807, 2.05) is 0 Å². The Morgan fingerprint density at radius 1 is 1.64 bits per heavy atom. The average molecular weight is 164 g/mol. The Kier molecular flexibility index (Phi) is 4.44.